The fourth-order valence-electron chi connectivity index (χ4n) is 1.06. The van der Waals surface area contributed by atoms with Crippen molar-refractivity contribution in [1.29, 1.82) is 0 Å². The van der Waals surface area contributed by atoms with Gasteiger partial charge in [-0.15, -0.1) is 0 Å². The Labute approximate surface area is 75.7 Å². The summed E-state index contributed by atoms with van der Waals surface area (Å²) in [5.74, 6) is 0. The zero-order chi connectivity index (χ0) is 8.43. The van der Waals surface area contributed by atoms with Crippen molar-refractivity contribution in [2.45, 2.75) is 18.8 Å². The maximum Gasteiger partial charge on any atom is 0.0864 e. The minimum absolute atomic E-state index is 0.0394. The van der Waals surface area contributed by atoms with Gasteiger partial charge in [0.05, 0.1) is 4.95 Å². The van der Waals surface area contributed by atoms with Crippen LogP contribution >= 0.6 is 15.9 Å². The zero-order valence-corrected chi connectivity index (χ0v) is 8.35. The van der Waals surface area contributed by atoms with E-state index >= 15 is 0 Å². The number of halogens is 1. The lowest BCUT2D eigenvalue weighted by Crippen LogP contribution is -2.03. The fraction of sp³-hybridized carbons (Fsp3) is 0.333. The van der Waals surface area contributed by atoms with Gasteiger partial charge in [-0.2, -0.15) is 0 Å². The van der Waals surface area contributed by atoms with Gasteiger partial charge in [-0.1, -0.05) is 39.7 Å². The Balaban J connectivity index is 3.13. The van der Waals surface area contributed by atoms with Crippen LogP contribution in [-0.4, -0.2) is 0 Å². The molecular weight excluding hydrogens is 202 g/mol. The minimum Gasteiger partial charge on any atom is -0.315 e. The van der Waals surface area contributed by atoms with Crippen molar-refractivity contribution in [2.24, 2.45) is 5.73 Å². The van der Waals surface area contributed by atoms with Crippen LogP contribution in [0.3, 0.4) is 0 Å². The smallest absolute Gasteiger partial charge is 0.0864 e. The van der Waals surface area contributed by atoms with E-state index in [2.05, 4.69) is 48.0 Å². The molecule has 2 heteroatoms. The molecule has 1 aromatic carbocycles. The molecule has 2 N–H and O–H groups in total. The van der Waals surface area contributed by atoms with Crippen LogP contribution in [0, 0.1) is 13.8 Å². The molecule has 1 aromatic rings. The third-order valence-corrected chi connectivity index (χ3v) is 2.23. The van der Waals surface area contributed by atoms with Gasteiger partial charge in [-0.25, -0.2) is 0 Å². The quantitative estimate of drug-likeness (QED) is 0.564. The second kappa shape index (κ2) is 3.37. The van der Waals surface area contributed by atoms with E-state index in [0.29, 0.717) is 0 Å². The summed E-state index contributed by atoms with van der Waals surface area (Å²) >= 11 is 3.35. The fourth-order valence-corrected chi connectivity index (χ4v) is 1.55. The lowest BCUT2D eigenvalue weighted by atomic mass is 10.1. The van der Waals surface area contributed by atoms with Crippen molar-refractivity contribution in [3.8, 4) is 0 Å². The number of hydrogen-bond donors (Lipinski definition) is 1. The average molecular weight is 214 g/mol. The van der Waals surface area contributed by atoms with E-state index in [1.807, 2.05) is 0 Å². The second-order valence-corrected chi connectivity index (χ2v) is 3.75. The molecule has 11 heavy (non-hydrogen) atoms. The molecule has 1 unspecified atom stereocenters. The Morgan fingerprint density at radius 2 is 2.00 bits per heavy atom. The summed E-state index contributed by atoms with van der Waals surface area (Å²) in [6.07, 6.45) is 0. The number of rotatable bonds is 1. The van der Waals surface area contributed by atoms with Gasteiger partial charge in [-0.05, 0) is 25.0 Å². The summed E-state index contributed by atoms with van der Waals surface area (Å²) in [4.78, 5) is -0.0394. The number of alkyl halides is 1. The highest BCUT2D eigenvalue weighted by atomic mass is 79.9. The van der Waals surface area contributed by atoms with Gasteiger partial charge in [0.15, 0.2) is 0 Å². The molecule has 0 bridgehead atoms. The first-order valence-corrected chi connectivity index (χ1v) is 4.49. The van der Waals surface area contributed by atoms with Crippen molar-refractivity contribution >= 4 is 15.9 Å². The first kappa shape index (κ1) is 8.75. The van der Waals surface area contributed by atoms with E-state index in [9.17, 15) is 0 Å². The van der Waals surface area contributed by atoms with E-state index in [1.54, 1.807) is 0 Å². The summed E-state index contributed by atoms with van der Waals surface area (Å²) < 4.78 is 0. The summed E-state index contributed by atoms with van der Waals surface area (Å²) in [5.41, 5.74) is 9.36. The highest BCUT2D eigenvalue weighted by molar-refractivity contribution is 9.09. The molecule has 0 spiro atoms. The molecule has 0 amide bonds. The van der Waals surface area contributed by atoms with Gasteiger partial charge in [0, 0.05) is 0 Å². The zero-order valence-electron chi connectivity index (χ0n) is 6.76. The molecule has 0 aliphatic rings. The molecular formula is C9H12BrN. The van der Waals surface area contributed by atoms with Gasteiger partial charge in [0.2, 0.25) is 0 Å². The molecule has 1 nitrogen and oxygen atoms in total. The maximum atomic E-state index is 5.70. The van der Waals surface area contributed by atoms with Crippen LogP contribution in [0.5, 0.6) is 0 Å². The van der Waals surface area contributed by atoms with Crippen molar-refractivity contribution < 1.29 is 0 Å². The molecule has 0 aromatic heterocycles. The van der Waals surface area contributed by atoms with E-state index in [-0.39, 0.29) is 4.95 Å². The Bertz CT molecular complexity index is 256. The lowest BCUT2D eigenvalue weighted by Gasteiger charge is -2.08. The van der Waals surface area contributed by atoms with Crippen LogP contribution in [0.15, 0.2) is 18.2 Å². The first-order chi connectivity index (χ1) is 5.11. The number of benzene rings is 1. The van der Waals surface area contributed by atoms with Crippen molar-refractivity contribution in [3.05, 3.63) is 34.9 Å². The first-order valence-electron chi connectivity index (χ1n) is 3.58. The third-order valence-electron chi connectivity index (χ3n) is 1.73. The second-order valence-electron chi connectivity index (χ2n) is 2.76. The molecule has 0 aliphatic carbocycles. The summed E-state index contributed by atoms with van der Waals surface area (Å²) in [6, 6.07) is 6.29. The van der Waals surface area contributed by atoms with E-state index in [1.165, 1.54) is 16.7 Å². The molecule has 0 saturated heterocycles. The van der Waals surface area contributed by atoms with Gasteiger partial charge in [-0.3, -0.25) is 0 Å². The van der Waals surface area contributed by atoms with Crippen LogP contribution in [0.25, 0.3) is 0 Å². The predicted molar refractivity (Wildman–Crippen MR) is 51.8 cm³/mol. The Kier molecular flexibility index (Phi) is 2.68. The van der Waals surface area contributed by atoms with Gasteiger partial charge in [0.1, 0.15) is 0 Å². The molecule has 0 aliphatic heterocycles. The van der Waals surface area contributed by atoms with Crippen LogP contribution < -0.4 is 5.73 Å². The Morgan fingerprint density at radius 3 is 2.45 bits per heavy atom. The topological polar surface area (TPSA) is 26.0 Å². The molecule has 1 rings (SSSR count). The van der Waals surface area contributed by atoms with Crippen molar-refractivity contribution in [2.75, 3.05) is 0 Å². The molecule has 0 saturated carbocycles. The number of aryl methyl sites for hydroxylation is 2. The summed E-state index contributed by atoms with van der Waals surface area (Å²) in [7, 11) is 0. The molecule has 1 atom stereocenters. The summed E-state index contributed by atoms with van der Waals surface area (Å²) in [5, 5.41) is 0. The standard InChI is InChI=1S/C9H12BrN/c1-6-3-4-7(2)8(5-6)9(10)11/h3-5,9H,11H2,1-2H3. The highest BCUT2D eigenvalue weighted by Gasteiger charge is 2.03. The Hall–Kier alpha value is -0.340. The van der Waals surface area contributed by atoms with E-state index in [0.717, 1.165) is 0 Å². The third kappa shape index (κ3) is 2.04. The van der Waals surface area contributed by atoms with Crippen LogP contribution in [0.4, 0.5) is 0 Å². The maximum absolute atomic E-state index is 5.70. The number of hydrogen-bond acceptors (Lipinski definition) is 1. The number of nitrogens with two attached hydrogens (primary N) is 1. The van der Waals surface area contributed by atoms with Gasteiger partial charge in [0.25, 0.3) is 0 Å². The van der Waals surface area contributed by atoms with Gasteiger partial charge < -0.3 is 5.73 Å². The largest absolute Gasteiger partial charge is 0.315 e. The van der Waals surface area contributed by atoms with Crippen LogP contribution in [-0.2, 0) is 0 Å². The molecule has 60 valence electrons. The Morgan fingerprint density at radius 1 is 1.36 bits per heavy atom. The molecule has 0 radical (unpaired) electrons. The van der Waals surface area contributed by atoms with Crippen LogP contribution in [0.2, 0.25) is 0 Å². The normalized spacial score (nSPS) is 13.1. The van der Waals surface area contributed by atoms with Gasteiger partial charge >= 0.3 is 0 Å². The SMILES string of the molecule is Cc1ccc(C)c(C(N)Br)c1. The lowest BCUT2D eigenvalue weighted by molar-refractivity contribution is 1.03. The molecule has 0 fully saturated rings. The van der Waals surface area contributed by atoms with Crippen molar-refractivity contribution in [1.82, 2.24) is 0 Å². The average Bonchev–Trinajstić information content (AvgIpc) is 1.94. The minimum atomic E-state index is -0.0394. The van der Waals surface area contributed by atoms with Crippen molar-refractivity contribution in [3.63, 3.8) is 0 Å². The monoisotopic (exact) mass is 213 g/mol. The van der Waals surface area contributed by atoms with Crippen LogP contribution in [0.1, 0.15) is 21.6 Å². The van der Waals surface area contributed by atoms with E-state index < -0.39 is 0 Å². The predicted octanol–water partition coefficient (Wildman–Crippen LogP) is 2.66. The highest BCUT2D eigenvalue weighted by Crippen LogP contribution is 2.21. The van der Waals surface area contributed by atoms with E-state index in [4.69, 9.17) is 5.73 Å². The summed E-state index contributed by atoms with van der Waals surface area (Å²) in [6.45, 7) is 4.13. The molecule has 0 heterocycles.